The van der Waals surface area contributed by atoms with E-state index in [9.17, 15) is 4.21 Å². The molecule has 0 saturated carbocycles. The molecule has 3 heteroatoms. The molecule has 1 aromatic rings. The smallest absolute Gasteiger partial charge is 0.0681 e. The van der Waals surface area contributed by atoms with Crippen LogP contribution in [0.25, 0.3) is 0 Å². The Balaban J connectivity index is 0.000000261. The molecule has 0 spiro atoms. The second kappa shape index (κ2) is 7.00. The third-order valence-corrected chi connectivity index (χ3v) is 1.03. The summed E-state index contributed by atoms with van der Waals surface area (Å²) in [6.07, 6.45) is 3.28. The zero-order chi connectivity index (χ0) is 9.40. The van der Waals surface area contributed by atoms with Gasteiger partial charge in [0, 0.05) is 23.3 Å². The summed E-state index contributed by atoms with van der Waals surface area (Å²) in [4.78, 5) is 0. The van der Waals surface area contributed by atoms with Crippen molar-refractivity contribution in [1.29, 1.82) is 0 Å². The Kier molecular flexibility index (Phi) is 6.61. The largest absolute Gasteiger partial charge is 0.392 e. The van der Waals surface area contributed by atoms with Gasteiger partial charge in [-0.05, 0) is 5.56 Å². The molecule has 1 N–H and O–H groups in total. The van der Waals surface area contributed by atoms with Crippen LogP contribution in [0.2, 0.25) is 0 Å². The van der Waals surface area contributed by atoms with Gasteiger partial charge in [-0.1, -0.05) is 30.3 Å². The fourth-order valence-corrected chi connectivity index (χ4v) is 0.583. The van der Waals surface area contributed by atoms with E-state index >= 15 is 0 Å². The topological polar surface area (TPSA) is 37.3 Å². The lowest BCUT2D eigenvalue weighted by Gasteiger charge is -1.89. The highest BCUT2D eigenvalue weighted by Crippen LogP contribution is 1.95. The highest BCUT2D eigenvalue weighted by molar-refractivity contribution is 7.83. The molecular weight excluding hydrogens is 172 g/mol. The summed E-state index contributed by atoms with van der Waals surface area (Å²) in [6, 6.07) is 9.52. The lowest BCUT2D eigenvalue weighted by molar-refractivity contribution is 0.282. The summed E-state index contributed by atoms with van der Waals surface area (Å²) in [5.74, 6) is 0. The number of benzene rings is 1. The first-order chi connectivity index (χ1) is 5.66. The molecule has 0 fully saturated rings. The van der Waals surface area contributed by atoms with Crippen LogP contribution < -0.4 is 0 Å². The number of hydrogen-bond acceptors (Lipinski definition) is 2. The van der Waals surface area contributed by atoms with E-state index < -0.39 is 10.8 Å². The van der Waals surface area contributed by atoms with E-state index in [2.05, 4.69) is 0 Å². The van der Waals surface area contributed by atoms with Crippen LogP contribution in [-0.4, -0.2) is 21.8 Å². The Morgan fingerprint density at radius 3 is 1.92 bits per heavy atom. The Bertz CT molecular complexity index is 217. The van der Waals surface area contributed by atoms with Crippen molar-refractivity contribution in [2.45, 2.75) is 6.61 Å². The van der Waals surface area contributed by atoms with E-state index in [1.807, 2.05) is 30.3 Å². The van der Waals surface area contributed by atoms with Gasteiger partial charge in [-0.25, -0.2) is 0 Å². The van der Waals surface area contributed by atoms with Crippen LogP contribution in [0.4, 0.5) is 0 Å². The highest BCUT2D eigenvalue weighted by atomic mass is 32.2. The van der Waals surface area contributed by atoms with Crippen LogP contribution in [0.3, 0.4) is 0 Å². The molecule has 0 heterocycles. The molecule has 1 rings (SSSR count). The highest BCUT2D eigenvalue weighted by Gasteiger charge is 1.81. The van der Waals surface area contributed by atoms with Crippen molar-refractivity contribution in [3.05, 3.63) is 35.9 Å². The molecule has 1 aromatic carbocycles. The van der Waals surface area contributed by atoms with Gasteiger partial charge < -0.3 is 5.11 Å². The molecule has 0 aliphatic carbocycles. The first kappa shape index (κ1) is 11.3. The van der Waals surface area contributed by atoms with Gasteiger partial charge in [-0.3, -0.25) is 4.21 Å². The summed E-state index contributed by atoms with van der Waals surface area (Å²) in [6.45, 7) is 0.140. The normalized spacial score (nSPS) is 9.00. The van der Waals surface area contributed by atoms with Gasteiger partial charge in [0.1, 0.15) is 0 Å². The number of rotatable bonds is 1. The Hall–Kier alpha value is -0.670. The lowest BCUT2D eigenvalue weighted by atomic mass is 10.2. The molecule has 0 saturated heterocycles. The zero-order valence-electron chi connectivity index (χ0n) is 7.36. The minimum absolute atomic E-state index is 0.140. The quantitative estimate of drug-likeness (QED) is 0.715. The van der Waals surface area contributed by atoms with E-state index in [0.29, 0.717) is 0 Å². The van der Waals surface area contributed by atoms with Crippen LogP contribution >= 0.6 is 0 Å². The number of hydrogen-bond donors (Lipinski definition) is 1. The molecule has 0 bridgehead atoms. The molecule has 12 heavy (non-hydrogen) atoms. The third-order valence-electron chi connectivity index (χ3n) is 1.03. The van der Waals surface area contributed by atoms with Crippen molar-refractivity contribution < 1.29 is 9.32 Å². The van der Waals surface area contributed by atoms with Gasteiger partial charge in [0.15, 0.2) is 0 Å². The first-order valence-electron chi connectivity index (χ1n) is 3.56. The fourth-order valence-electron chi connectivity index (χ4n) is 0.583. The van der Waals surface area contributed by atoms with Gasteiger partial charge in [-0.15, -0.1) is 0 Å². The van der Waals surface area contributed by atoms with E-state index in [4.69, 9.17) is 5.11 Å². The standard InChI is InChI=1S/C7H8O.C2H6OS/c8-6-7-4-2-1-3-5-7;1-4(2)3/h1-5,8H,6H2;1-2H3. The SMILES string of the molecule is CS(C)=O.OCc1ccccc1. The van der Waals surface area contributed by atoms with Crippen molar-refractivity contribution in [3.8, 4) is 0 Å². The van der Waals surface area contributed by atoms with Crippen molar-refractivity contribution in [2.75, 3.05) is 12.5 Å². The Morgan fingerprint density at radius 2 is 1.67 bits per heavy atom. The van der Waals surface area contributed by atoms with Crippen molar-refractivity contribution in [1.82, 2.24) is 0 Å². The second-order valence-corrected chi connectivity index (χ2v) is 3.87. The Morgan fingerprint density at radius 1 is 1.25 bits per heavy atom. The number of aliphatic hydroxyl groups is 1. The van der Waals surface area contributed by atoms with Gasteiger partial charge >= 0.3 is 0 Å². The van der Waals surface area contributed by atoms with Crippen molar-refractivity contribution in [2.24, 2.45) is 0 Å². The molecule has 0 unspecified atom stereocenters. The number of aliphatic hydroxyl groups excluding tert-OH is 1. The summed E-state index contributed by atoms with van der Waals surface area (Å²) < 4.78 is 9.56. The second-order valence-electron chi connectivity index (χ2n) is 2.39. The monoisotopic (exact) mass is 186 g/mol. The maximum absolute atomic E-state index is 9.56. The predicted molar refractivity (Wildman–Crippen MR) is 52.4 cm³/mol. The van der Waals surface area contributed by atoms with E-state index in [1.165, 1.54) is 0 Å². The van der Waals surface area contributed by atoms with Gasteiger partial charge in [0.05, 0.1) is 6.61 Å². The van der Waals surface area contributed by atoms with Crippen molar-refractivity contribution in [3.63, 3.8) is 0 Å². The van der Waals surface area contributed by atoms with Crippen LogP contribution in [0.5, 0.6) is 0 Å². The average molecular weight is 186 g/mol. The maximum atomic E-state index is 9.56. The zero-order valence-corrected chi connectivity index (χ0v) is 8.17. The summed E-state index contributed by atoms with van der Waals surface area (Å²) in [7, 11) is -0.611. The van der Waals surface area contributed by atoms with Crippen molar-refractivity contribution >= 4 is 10.8 Å². The molecule has 0 amide bonds. The van der Waals surface area contributed by atoms with Gasteiger partial charge in [0.2, 0.25) is 0 Å². The van der Waals surface area contributed by atoms with Crippen LogP contribution in [0.1, 0.15) is 5.56 Å². The summed E-state index contributed by atoms with van der Waals surface area (Å²) in [5, 5.41) is 8.54. The molecule has 0 aliphatic heterocycles. The van der Waals surface area contributed by atoms with Crippen LogP contribution in [0.15, 0.2) is 30.3 Å². The molecule has 0 aromatic heterocycles. The summed E-state index contributed by atoms with van der Waals surface area (Å²) >= 11 is 0. The molecule has 0 atom stereocenters. The lowest BCUT2D eigenvalue weighted by Crippen LogP contribution is -1.77. The molecule has 0 aliphatic rings. The minimum atomic E-state index is -0.611. The van der Waals surface area contributed by atoms with Gasteiger partial charge in [-0.2, -0.15) is 0 Å². The first-order valence-corrected chi connectivity index (χ1v) is 5.53. The van der Waals surface area contributed by atoms with Crippen LogP contribution in [0, 0.1) is 0 Å². The fraction of sp³-hybridized carbons (Fsp3) is 0.333. The molecule has 68 valence electrons. The molecule has 0 radical (unpaired) electrons. The Labute approximate surface area is 75.7 Å². The van der Waals surface area contributed by atoms with Crippen LogP contribution in [-0.2, 0) is 17.4 Å². The molecule has 2 nitrogen and oxygen atoms in total. The van der Waals surface area contributed by atoms with E-state index in [-0.39, 0.29) is 6.61 Å². The minimum Gasteiger partial charge on any atom is -0.392 e. The molecular formula is C9H14O2S. The predicted octanol–water partition coefficient (Wildman–Crippen LogP) is 1.17. The average Bonchev–Trinajstić information content (AvgIpc) is 2.05. The van der Waals surface area contributed by atoms with E-state index in [1.54, 1.807) is 12.5 Å². The summed E-state index contributed by atoms with van der Waals surface area (Å²) in [5.41, 5.74) is 0.965. The maximum Gasteiger partial charge on any atom is 0.0681 e. The van der Waals surface area contributed by atoms with Gasteiger partial charge in [0.25, 0.3) is 0 Å². The third kappa shape index (κ3) is 7.44. The van der Waals surface area contributed by atoms with E-state index in [0.717, 1.165) is 5.56 Å².